The predicted molar refractivity (Wildman–Crippen MR) is 51.3 cm³/mol. The summed E-state index contributed by atoms with van der Waals surface area (Å²) in [6.45, 7) is -0.0100. The fourth-order valence-electron chi connectivity index (χ4n) is 0.977. The van der Waals surface area contributed by atoms with Gasteiger partial charge in [0.25, 0.3) is 0 Å². The molecule has 13 heavy (non-hydrogen) atoms. The van der Waals surface area contributed by atoms with Crippen molar-refractivity contribution in [2.24, 2.45) is 0 Å². The molecule has 2 heterocycles. The van der Waals surface area contributed by atoms with E-state index in [9.17, 15) is 0 Å². The zero-order valence-electron chi connectivity index (χ0n) is 6.84. The van der Waals surface area contributed by atoms with Crippen LogP contribution in [0.3, 0.4) is 0 Å². The van der Waals surface area contributed by atoms with E-state index in [1.807, 2.05) is 16.8 Å². The van der Waals surface area contributed by atoms with Crippen LogP contribution in [0.25, 0.3) is 11.4 Å². The molecular weight excluding hydrogens is 184 g/mol. The molecule has 66 valence electrons. The van der Waals surface area contributed by atoms with Crippen molar-refractivity contribution in [3.63, 3.8) is 0 Å². The fraction of sp³-hybridized carbons (Fsp3) is 0.111. The van der Waals surface area contributed by atoms with Crippen LogP contribution in [0.5, 0.6) is 0 Å². The summed E-state index contributed by atoms with van der Waals surface area (Å²) >= 11 is 1.61. The Morgan fingerprint density at radius 1 is 1.31 bits per heavy atom. The van der Waals surface area contributed by atoms with Gasteiger partial charge in [-0.2, -0.15) is 11.3 Å². The molecule has 2 rings (SSSR count). The fourth-order valence-corrected chi connectivity index (χ4v) is 1.61. The maximum atomic E-state index is 8.78. The molecule has 0 bridgehead atoms. The molecule has 0 fully saturated rings. The molecule has 0 radical (unpaired) electrons. The Morgan fingerprint density at radius 3 is 2.62 bits per heavy atom. The summed E-state index contributed by atoms with van der Waals surface area (Å²) < 4.78 is 0. The first-order chi connectivity index (χ1) is 6.40. The lowest BCUT2D eigenvalue weighted by Gasteiger charge is -1.96. The van der Waals surface area contributed by atoms with Crippen LogP contribution in [0.1, 0.15) is 5.56 Å². The second kappa shape index (κ2) is 3.64. The largest absolute Gasteiger partial charge is 0.392 e. The minimum Gasteiger partial charge on any atom is -0.392 e. The lowest BCUT2D eigenvalue weighted by Crippen LogP contribution is -1.90. The molecule has 0 saturated heterocycles. The van der Waals surface area contributed by atoms with Gasteiger partial charge in [-0.25, -0.2) is 9.97 Å². The van der Waals surface area contributed by atoms with Crippen molar-refractivity contribution >= 4 is 11.3 Å². The van der Waals surface area contributed by atoms with Crippen LogP contribution in [0, 0.1) is 0 Å². The minimum absolute atomic E-state index is 0.0100. The van der Waals surface area contributed by atoms with Crippen molar-refractivity contribution in [3.8, 4) is 11.4 Å². The third-order valence-electron chi connectivity index (χ3n) is 1.67. The average molecular weight is 192 g/mol. The Bertz CT molecular complexity index is 369. The van der Waals surface area contributed by atoms with Crippen LogP contribution in [0.2, 0.25) is 0 Å². The molecule has 0 unspecified atom stereocenters. The van der Waals surface area contributed by atoms with Crippen molar-refractivity contribution in [1.82, 2.24) is 9.97 Å². The Kier molecular flexibility index (Phi) is 2.33. The highest BCUT2D eigenvalue weighted by atomic mass is 32.1. The summed E-state index contributed by atoms with van der Waals surface area (Å²) in [4.78, 5) is 8.26. The van der Waals surface area contributed by atoms with Gasteiger partial charge in [-0.3, -0.25) is 0 Å². The Labute approximate surface area is 79.7 Å². The van der Waals surface area contributed by atoms with Crippen molar-refractivity contribution in [1.29, 1.82) is 0 Å². The first kappa shape index (κ1) is 8.34. The number of nitrogens with zero attached hydrogens (tertiary/aromatic N) is 2. The quantitative estimate of drug-likeness (QED) is 0.787. The molecule has 0 aliphatic carbocycles. The van der Waals surface area contributed by atoms with E-state index in [2.05, 4.69) is 9.97 Å². The van der Waals surface area contributed by atoms with E-state index in [1.165, 1.54) is 0 Å². The Hall–Kier alpha value is -1.26. The van der Waals surface area contributed by atoms with Gasteiger partial charge < -0.3 is 5.11 Å². The van der Waals surface area contributed by atoms with Gasteiger partial charge in [0.05, 0.1) is 6.61 Å². The molecule has 0 saturated carbocycles. The lowest BCUT2D eigenvalue weighted by atomic mass is 10.3. The van der Waals surface area contributed by atoms with E-state index in [1.54, 1.807) is 23.7 Å². The van der Waals surface area contributed by atoms with Crippen molar-refractivity contribution in [2.45, 2.75) is 6.61 Å². The highest BCUT2D eigenvalue weighted by Crippen LogP contribution is 2.17. The zero-order chi connectivity index (χ0) is 9.10. The number of aromatic nitrogens is 2. The highest BCUT2D eigenvalue weighted by Gasteiger charge is 2.00. The molecule has 2 aromatic heterocycles. The normalized spacial score (nSPS) is 10.2. The second-order valence-corrected chi connectivity index (χ2v) is 3.37. The van der Waals surface area contributed by atoms with E-state index >= 15 is 0 Å². The minimum atomic E-state index is -0.0100. The topological polar surface area (TPSA) is 46.0 Å². The Morgan fingerprint density at radius 2 is 2.08 bits per heavy atom. The van der Waals surface area contributed by atoms with Gasteiger partial charge >= 0.3 is 0 Å². The van der Waals surface area contributed by atoms with Crippen LogP contribution in [0.4, 0.5) is 0 Å². The molecule has 0 aliphatic heterocycles. The predicted octanol–water partition coefficient (Wildman–Crippen LogP) is 1.70. The number of aliphatic hydroxyl groups excluding tert-OH is 1. The number of aliphatic hydroxyl groups is 1. The molecule has 2 aromatic rings. The smallest absolute Gasteiger partial charge is 0.159 e. The number of hydrogen-bond donors (Lipinski definition) is 1. The molecule has 3 nitrogen and oxygen atoms in total. The van der Waals surface area contributed by atoms with Gasteiger partial charge in [-0.15, -0.1) is 0 Å². The summed E-state index contributed by atoms with van der Waals surface area (Å²) in [5, 5.41) is 12.8. The molecule has 0 amide bonds. The van der Waals surface area contributed by atoms with Crippen molar-refractivity contribution < 1.29 is 5.11 Å². The van der Waals surface area contributed by atoms with Crippen LogP contribution in [-0.4, -0.2) is 15.1 Å². The average Bonchev–Trinajstić information content (AvgIpc) is 2.71. The van der Waals surface area contributed by atoms with Gasteiger partial charge in [0.2, 0.25) is 0 Å². The van der Waals surface area contributed by atoms with E-state index in [0.717, 1.165) is 11.1 Å². The van der Waals surface area contributed by atoms with Gasteiger partial charge in [-0.1, -0.05) is 0 Å². The summed E-state index contributed by atoms with van der Waals surface area (Å²) in [7, 11) is 0. The van der Waals surface area contributed by atoms with E-state index in [0.29, 0.717) is 5.82 Å². The third-order valence-corrected chi connectivity index (χ3v) is 2.35. The maximum Gasteiger partial charge on any atom is 0.159 e. The first-order valence-corrected chi connectivity index (χ1v) is 4.79. The van der Waals surface area contributed by atoms with Crippen LogP contribution >= 0.6 is 11.3 Å². The standard InChI is InChI=1S/C9H8N2OS/c12-5-7-3-10-9(11-4-7)8-1-2-13-6-8/h1-4,6,12H,5H2. The van der Waals surface area contributed by atoms with Crippen molar-refractivity contribution in [2.75, 3.05) is 0 Å². The zero-order valence-corrected chi connectivity index (χ0v) is 7.66. The first-order valence-electron chi connectivity index (χ1n) is 3.84. The monoisotopic (exact) mass is 192 g/mol. The number of rotatable bonds is 2. The number of thiophene rings is 1. The molecule has 0 atom stereocenters. The molecule has 1 N–H and O–H groups in total. The van der Waals surface area contributed by atoms with E-state index in [4.69, 9.17) is 5.11 Å². The number of hydrogen-bond acceptors (Lipinski definition) is 4. The van der Waals surface area contributed by atoms with Crippen LogP contribution in [-0.2, 0) is 6.61 Å². The van der Waals surface area contributed by atoms with E-state index in [-0.39, 0.29) is 6.61 Å². The van der Waals surface area contributed by atoms with E-state index < -0.39 is 0 Å². The third kappa shape index (κ3) is 1.74. The van der Waals surface area contributed by atoms with Gasteiger partial charge in [0, 0.05) is 28.9 Å². The molecule has 0 aromatic carbocycles. The molecule has 0 spiro atoms. The summed E-state index contributed by atoms with van der Waals surface area (Å²) in [5.74, 6) is 0.707. The lowest BCUT2D eigenvalue weighted by molar-refractivity contribution is 0.281. The Balaban J connectivity index is 2.33. The van der Waals surface area contributed by atoms with Crippen molar-refractivity contribution in [3.05, 3.63) is 34.8 Å². The van der Waals surface area contributed by atoms with Gasteiger partial charge in [0.15, 0.2) is 5.82 Å². The molecular formula is C9H8N2OS. The second-order valence-electron chi connectivity index (χ2n) is 2.59. The maximum absolute atomic E-state index is 8.78. The van der Waals surface area contributed by atoms with Gasteiger partial charge in [-0.05, 0) is 11.4 Å². The van der Waals surface area contributed by atoms with Crippen LogP contribution < -0.4 is 0 Å². The highest BCUT2D eigenvalue weighted by molar-refractivity contribution is 7.08. The van der Waals surface area contributed by atoms with Gasteiger partial charge in [0.1, 0.15) is 0 Å². The summed E-state index contributed by atoms with van der Waals surface area (Å²) in [6.07, 6.45) is 3.28. The summed E-state index contributed by atoms with van der Waals surface area (Å²) in [6, 6.07) is 1.97. The van der Waals surface area contributed by atoms with Crippen LogP contribution in [0.15, 0.2) is 29.2 Å². The molecule has 0 aliphatic rings. The summed E-state index contributed by atoms with van der Waals surface area (Å²) in [5.41, 5.74) is 1.76. The SMILES string of the molecule is OCc1cnc(-c2ccsc2)nc1. The molecule has 4 heteroatoms.